The Hall–Kier alpha value is -0.906. The number of hydrogen-bond acceptors (Lipinski definition) is 1. The van der Waals surface area contributed by atoms with Gasteiger partial charge in [-0.3, -0.25) is 0 Å². The van der Waals surface area contributed by atoms with E-state index in [0.717, 1.165) is 16.7 Å². The zero-order chi connectivity index (χ0) is 14.0. The van der Waals surface area contributed by atoms with Crippen LogP contribution in [0.1, 0.15) is 24.9 Å². The van der Waals surface area contributed by atoms with E-state index >= 15 is 0 Å². The lowest BCUT2D eigenvalue weighted by atomic mass is 9.96. The topological polar surface area (TPSA) is 12.0 Å². The molecular formula is C16H25NSi2. The van der Waals surface area contributed by atoms with Crippen LogP contribution in [0.4, 0.5) is 0 Å². The first-order chi connectivity index (χ1) is 8.88. The van der Waals surface area contributed by atoms with Gasteiger partial charge in [-0.15, -0.1) is 0 Å². The molecule has 1 aromatic rings. The molecule has 1 nitrogen and oxygen atoms in total. The maximum Gasteiger partial charge on any atom is 0.117 e. The quantitative estimate of drug-likeness (QED) is 0.839. The van der Waals surface area contributed by atoms with Gasteiger partial charge in [-0.25, -0.2) is 0 Å². The molecule has 1 aliphatic carbocycles. The Morgan fingerprint density at radius 1 is 1.21 bits per heavy atom. The average Bonchev–Trinajstić information content (AvgIpc) is 2.72. The fourth-order valence-corrected chi connectivity index (χ4v) is 4.52. The van der Waals surface area contributed by atoms with Gasteiger partial charge >= 0.3 is 0 Å². The molecule has 0 heterocycles. The van der Waals surface area contributed by atoms with Gasteiger partial charge in [-0.1, -0.05) is 66.8 Å². The van der Waals surface area contributed by atoms with Crippen LogP contribution in [0.25, 0.3) is 0 Å². The first-order valence-electron chi connectivity index (χ1n) is 7.08. The maximum absolute atomic E-state index is 3.95. The van der Waals surface area contributed by atoms with E-state index in [1.807, 2.05) is 0 Å². The van der Waals surface area contributed by atoms with E-state index < -0.39 is 8.24 Å². The Kier molecular flexibility index (Phi) is 4.28. The highest BCUT2D eigenvalue weighted by atomic mass is 28.3. The van der Waals surface area contributed by atoms with E-state index in [9.17, 15) is 0 Å². The monoisotopic (exact) mass is 287 g/mol. The molecule has 0 saturated heterocycles. The molecule has 0 spiro atoms. The number of benzene rings is 1. The summed E-state index contributed by atoms with van der Waals surface area (Å²) in [5.41, 5.74) is 4.50. The van der Waals surface area contributed by atoms with Crippen molar-refractivity contribution >= 4 is 23.7 Å². The molecule has 0 amide bonds. The van der Waals surface area contributed by atoms with Crippen molar-refractivity contribution in [2.45, 2.75) is 39.0 Å². The van der Waals surface area contributed by atoms with Crippen LogP contribution in [0, 0.1) is 0 Å². The SMILES string of the molecule is CC1=C(C(N[Si](C)(C)C)c2ccccc2[SiH3])CC=C1. The molecule has 0 aliphatic heterocycles. The van der Waals surface area contributed by atoms with Crippen LogP contribution >= 0.6 is 0 Å². The zero-order valence-electron chi connectivity index (χ0n) is 12.7. The van der Waals surface area contributed by atoms with Crippen molar-refractivity contribution in [2.24, 2.45) is 0 Å². The third-order valence-electron chi connectivity index (χ3n) is 3.64. The fraction of sp³-hybridized carbons (Fsp3) is 0.375. The van der Waals surface area contributed by atoms with E-state index in [1.54, 1.807) is 5.57 Å². The second-order valence-corrected chi connectivity index (χ2v) is 12.4. The van der Waals surface area contributed by atoms with Crippen molar-refractivity contribution in [3.63, 3.8) is 0 Å². The van der Waals surface area contributed by atoms with E-state index in [0.29, 0.717) is 6.04 Å². The zero-order valence-corrected chi connectivity index (χ0v) is 15.7. The summed E-state index contributed by atoms with van der Waals surface area (Å²) in [5, 5.41) is 1.52. The molecule has 1 aliphatic rings. The van der Waals surface area contributed by atoms with E-state index in [-0.39, 0.29) is 0 Å². The minimum absolute atomic E-state index is 0.412. The van der Waals surface area contributed by atoms with Gasteiger partial charge in [-0.2, -0.15) is 0 Å². The van der Waals surface area contributed by atoms with Crippen molar-refractivity contribution in [1.29, 1.82) is 0 Å². The van der Waals surface area contributed by atoms with Crippen LogP contribution < -0.4 is 10.2 Å². The molecule has 0 fully saturated rings. The van der Waals surface area contributed by atoms with Crippen LogP contribution in [-0.4, -0.2) is 18.5 Å². The summed E-state index contributed by atoms with van der Waals surface area (Å²) in [4.78, 5) is 3.95. The van der Waals surface area contributed by atoms with Crippen molar-refractivity contribution < 1.29 is 0 Å². The van der Waals surface area contributed by atoms with E-state index in [2.05, 4.69) is 68.0 Å². The van der Waals surface area contributed by atoms with Crippen molar-refractivity contribution in [3.8, 4) is 0 Å². The molecule has 2 rings (SSSR count). The second kappa shape index (κ2) is 5.61. The number of allylic oxidation sites excluding steroid dienone is 3. The van der Waals surface area contributed by atoms with Crippen LogP contribution in [0.3, 0.4) is 0 Å². The van der Waals surface area contributed by atoms with Gasteiger partial charge in [0.1, 0.15) is 8.24 Å². The van der Waals surface area contributed by atoms with Gasteiger partial charge in [0.25, 0.3) is 0 Å². The molecule has 1 aromatic carbocycles. The highest BCUT2D eigenvalue weighted by molar-refractivity contribution is 6.73. The summed E-state index contributed by atoms with van der Waals surface area (Å²) in [6.45, 7) is 9.39. The van der Waals surface area contributed by atoms with Gasteiger partial charge in [0.2, 0.25) is 0 Å². The molecule has 0 bridgehead atoms. The summed E-state index contributed by atoms with van der Waals surface area (Å²) in [6.07, 6.45) is 5.66. The Morgan fingerprint density at radius 2 is 1.89 bits per heavy atom. The number of nitrogens with one attached hydrogen (secondary N) is 1. The lowest BCUT2D eigenvalue weighted by Crippen LogP contribution is -2.45. The minimum Gasteiger partial charge on any atom is -0.328 e. The first kappa shape index (κ1) is 14.5. The molecule has 0 saturated carbocycles. The molecule has 1 unspecified atom stereocenters. The van der Waals surface area contributed by atoms with E-state index in [1.165, 1.54) is 16.3 Å². The van der Waals surface area contributed by atoms with Gasteiger partial charge in [-0.05, 0) is 24.5 Å². The summed E-state index contributed by atoms with van der Waals surface area (Å²) >= 11 is 0. The third-order valence-corrected chi connectivity index (χ3v) is 5.70. The van der Waals surface area contributed by atoms with Crippen molar-refractivity contribution in [3.05, 3.63) is 53.1 Å². The number of rotatable bonds is 4. The fourth-order valence-electron chi connectivity index (χ4n) is 2.67. The Morgan fingerprint density at radius 3 is 2.42 bits per heavy atom. The lowest BCUT2D eigenvalue weighted by molar-refractivity contribution is 0.731. The minimum atomic E-state index is -1.32. The lowest BCUT2D eigenvalue weighted by Gasteiger charge is -2.30. The van der Waals surface area contributed by atoms with Crippen LogP contribution in [0.5, 0.6) is 0 Å². The van der Waals surface area contributed by atoms with Gasteiger partial charge in [0.15, 0.2) is 0 Å². The predicted octanol–water partition coefficient (Wildman–Crippen LogP) is 2.42. The molecule has 1 atom stereocenters. The van der Waals surface area contributed by atoms with E-state index in [4.69, 9.17) is 0 Å². The molecule has 1 N–H and O–H groups in total. The highest BCUT2D eigenvalue weighted by Crippen LogP contribution is 2.31. The van der Waals surface area contributed by atoms with Crippen LogP contribution in [0.2, 0.25) is 19.6 Å². The van der Waals surface area contributed by atoms with Gasteiger partial charge in [0, 0.05) is 16.3 Å². The molecule has 0 aromatic heterocycles. The van der Waals surface area contributed by atoms with Gasteiger partial charge < -0.3 is 4.98 Å². The molecule has 102 valence electrons. The smallest absolute Gasteiger partial charge is 0.117 e. The van der Waals surface area contributed by atoms with Crippen molar-refractivity contribution in [2.75, 3.05) is 0 Å². The third kappa shape index (κ3) is 3.56. The molecular weight excluding hydrogens is 262 g/mol. The Balaban J connectivity index is 2.41. The highest BCUT2D eigenvalue weighted by Gasteiger charge is 2.26. The summed E-state index contributed by atoms with van der Waals surface area (Å²) in [7, 11) is -0.208. The summed E-state index contributed by atoms with van der Waals surface area (Å²) < 4.78 is 0. The molecule has 19 heavy (non-hydrogen) atoms. The standard InChI is InChI=1S/C16H25NSi2/c1-12-8-7-10-13(12)16(17-19(2,3)4)14-9-5-6-11-15(14)18/h5-9,11,16-17H,10H2,1-4,18H3. The summed E-state index contributed by atoms with van der Waals surface area (Å²) in [5.74, 6) is 0. The van der Waals surface area contributed by atoms with Gasteiger partial charge in [0.05, 0.1) is 0 Å². The Labute approximate surface area is 121 Å². The number of hydrogen-bond donors (Lipinski definition) is 1. The average molecular weight is 288 g/mol. The second-order valence-electron chi connectivity index (χ2n) is 6.50. The predicted molar refractivity (Wildman–Crippen MR) is 91.7 cm³/mol. The molecule has 0 radical (unpaired) electrons. The largest absolute Gasteiger partial charge is 0.328 e. The van der Waals surface area contributed by atoms with Crippen LogP contribution in [0.15, 0.2) is 47.6 Å². The maximum atomic E-state index is 3.95. The first-order valence-corrected chi connectivity index (χ1v) is 11.6. The summed E-state index contributed by atoms with van der Waals surface area (Å²) in [6, 6.07) is 9.33. The van der Waals surface area contributed by atoms with Crippen molar-refractivity contribution in [1.82, 2.24) is 4.98 Å². The van der Waals surface area contributed by atoms with Crippen LogP contribution in [-0.2, 0) is 0 Å². The molecule has 3 heteroatoms. The Bertz CT molecular complexity index is 524. The normalized spacial score (nSPS) is 17.3.